The summed E-state index contributed by atoms with van der Waals surface area (Å²) in [5, 5.41) is 7.73. The highest BCUT2D eigenvalue weighted by Gasteiger charge is 2.43. The molecule has 0 unspecified atom stereocenters. The first kappa shape index (κ1) is 14.7. The summed E-state index contributed by atoms with van der Waals surface area (Å²) in [6.07, 6.45) is 1.15. The third kappa shape index (κ3) is 2.54. The zero-order chi connectivity index (χ0) is 16.6. The topological polar surface area (TPSA) is 24.1 Å². The van der Waals surface area contributed by atoms with E-state index in [0.717, 1.165) is 6.42 Å². The fourth-order valence-corrected chi connectivity index (χ4v) is 4.54. The number of hydrogen-bond donors (Lipinski definition) is 2. The number of nitrogens with one attached hydrogen (secondary N) is 2. The predicted molar refractivity (Wildman–Crippen MR) is 103 cm³/mol. The van der Waals surface area contributed by atoms with E-state index in [0.29, 0.717) is 24.0 Å². The van der Waals surface area contributed by atoms with Gasteiger partial charge in [0.05, 0.1) is 6.04 Å². The molecule has 2 nitrogen and oxygen atoms in total. The van der Waals surface area contributed by atoms with E-state index in [4.69, 9.17) is 0 Å². The summed E-state index contributed by atoms with van der Waals surface area (Å²) < 4.78 is 0. The number of fused-ring (bicyclic) bond motifs is 3. The van der Waals surface area contributed by atoms with Gasteiger partial charge in [0.25, 0.3) is 0 Å². The Balaban J connectivity index is 1.56. The van der Waals surface area contributed by atoms with Crippen molar-refractivity contribution >= 4 is 5.69 Å². The van der Waals surface area contributed by atoms with Crippen molar-refractivity contribution in [2.45, 2.75) is 30.5 Å². The van der Waals surface area contributed by atoms with Gasteiger partial charge in [-0.3, -0.25) is 0 Å². The van der Waals surface area contributed by atoms with Gasteiger partial charge in [-0.2, -0.15) is 0 Å². The molecule has 3 aromatic carbocycles. The number of anilines is 1. The third-order valence-corrected chi connectivity index (χ3v) is 5.71. The summed E-state index contributed by atoms with van der Waals surface area (Å²) in [6, 6.07) is 31.6. The van der Waals surface area contributed by atoms with E-state index in [2.05, 4.69) is 95.6 Å². The van der Waals surface area contributed by atoms with E-state index in [-0.39, 0.29) is 0 Å². The van der Waals surface area contributed by atoms with Gasteiger partial charge in [0.2, 0.25) is 0 Å². The molecular formula is C23H22N2. The van der Waals surface area contributed by atoms with Crippen molar-refractivity contribution in [1.29, 1.82) is 0 Å². The lowest BCUT2D eigenvalue weighted by atomic mass is 9.80. The molecule has 25 heavy (non-hydrogen) atoms. The molecule has 2 heterocycles. The van der Waals surface area contributed by atoms with E-state index in [9.17, 15) is 0 Å². The van der Waals surface area contributed by atoms with Gasteiger partial charge in [-0.05, 0) is 29.2 Å². The molecule has 0 bridgehead atoms. The van der Waals surface area contributed by atoms with Crippen LogP contribution in [0.25, 0.3) is 0 Å². The molecule has 1 saturated heterocycles. The average Bonchev–Trinajstić information content (AvgIpc) is 3.14. The molecule has 0 aliphatic carbocycles. The van der Waals surface area contributed by atoms with Crippen LogP contribution in [0.1, 0.15) is 41.1 Å². The van der Waals surface area contributed by atoms with Crippen LogP contribution in [0.4, 0.5) is 5.69 Å². The Morgan fingerprint density at radius 2 is 1.32 bits per heavy atom. The Kier molecular flexibility index (Phi) is 3.57. The van der Waals surface area contributed by atoms with Gasteiger partial charge in [0.15, 0.2) is 0 Å². The van der Waals surface area contributed by atoms with Crippen LogP contribution < -0.4 is 10.6 Å². The van der Waals surface area contributed by atoms with Gasteiger partial charge in [0, 0.05) is 23.7 Å². The number of hydrogen-bond acceptors (Lipinski definition) is 2. The number of rotatable bonds is 2. The highest BCUT2D eigenvalue weighted by atomic mass is 15.1. The molecule has 2 aliphatic heterocycles. The summed E-state index contributed by atoms with van der Waals surface area (Å²) in [6.45, 7) is 0. The van der Waals surface area contributed by atoms with Crippen LogP contribution in [0.15, 0.2) is 84.9 Å². The van der Waals surface area contributed by atoms with Crippen LogP contribution in [-0.2, 0) is 0 Å². The smallest absolute Gasteiger partial charge is 0.0673 e. The van der Waals surface area contributed by atoms with Crippen LogP contribution in [0.3, 0.4) is 0 Å². The maximum absolute atomic E-state index is 3.94. The molecule has 124 valence electrons. The fraction of sp³-hybridized carbons (Fsp3) is 0.217. The van der Waals surface area contributed by atoms with Gasteiger partial charge in [-0.1, -0.05) is 78.9 Å². The predicted octanol–water partition coefficient (Wildman–Crippen LogP) is 5.04. The third-order valence-electron chi connectivity index (χ3n) is 5.71. The lowest BCUT2D eigenvalue weighted by Gasteiger charge is -2.37. The SMILES string of the molecule is c1ccc([C@H]2C[C@@H]3c4ccccc4N[C@@H](c4ccccc4)[C@H]3N2)cc1. The summed E-state index contributed by atoms with van der Waals surface area (Å²) in [5.74, 6) is 0.535. The molecule has 3 aromatic rings. The van der Waals surface area contributed by atoms with Crippen LogP contribution in [-0.4, -0.2) is 6.04 Å². The Morgan fingerprint density at radius 3 is 2.08 bits per heavy atom. The first-order valence-corrected chi connectivity index (χ1v) is 9.11. The molecule has 5 rings (SSSR count). The van der Waals surface area contributed by atoms with Crippen LogP contribution in [0.2, 0.25) is 0 Å². The van der Waals surface area contributed by atoms with Gasteiger partial charge >= 0.3 is 0 Å². The zero-order valence-corrected chi connectivity index (χ0v) is 14.1. The Hall–Kier alpha value is -2.58. The van der Waals surface area contributed by atoms with E-state index in [1.807, 2.05) is 0 Å². The molecule has 0 amide bonds. The summed E-state index contributed by atoms with van der Waals surface area (Å²) in [4.78, 5) is 0. The summed E-state index contributed by atoms with van der Waals surface area (Å²) in [7, 11) is 0. The molecule has 2 N–H and O–H groups in total. The van der Waals surface area contributed by atoms with Crippen molar-refractivity contribution in [3.8, 4) is 0 Å². The second-order valence-corrected chi connectivity index (χ2v) is 7.12. The standard InChI is InChI=1S/C23H22N2/c1-3-9-16(10-4-1)21-15-19-18-13-7-8-14-20(18)24-22(23(19)25-21)17-11-5-2-6-12-17/h1-14,19,21-25H,15H2/t19-,21-,22+,23+/m1/s1. The minimum absolute atomic E-state index is 0.301. The lowest BCUT2D eigenvalue weighted by Crippen LogP contribution is -2.40. The molecule has 2 aliphatic rings. The first-order chi connectivity index (χ1) is 12.4. The Bertz CT molecular complexity index is 860. The second-order valence-electron chi connectivity index (χ2n) is 7.12. The minimum Gasteiger partial charge on any atom is -0.376 e. The van der Waals surface area contributed by atoms with Crippen molar-refractivity contribution in [2.75, 3.05) is 5.32 Å². The van der Waals surface area contributed by atoms with Crippen molar-refractivity contribution in [3.63, 3.8) is 0 Å². The molecule has 1 fully saturated rings. The van der Waals surface area contributed by atoms with Gasteiger partial charge < -0.3 is 10.6 Å². The van der Waals surface area contributed by atoms with E-state index in [1.165, 1.54) is 22.4 Å². The lowest BCUT2D eigenvalue weighted by molar-refractivity contribution is 0.454. The van der Waals surface area contributed by atoms with E-state index in [1.54, 1.807) is 0 Å². The van der Waals surface area contributed by atoms with Gasteiger partial charge in [0.1, 0.15) is 0 Å². The Morgan fingerprint density at radius 1 is 0.680 bits per heavy atom. The largest absolute Gasteiger partial charge is 0.376 e. The maximum Gasteiger partial charge on any atom is 0.0673 e. The van der Waals surface area contributed by atoms with Crippen LogP contribution in [0.5, 0.6) is 0 Å². The van der Waals surface area contributed by atoms with Crippen LogP contribution in [0, 0.1) is 0 Å². The van der Waals surface area contributed by atoms with Crippen molar-refractivity contribution < 1.29 is 0 Å². The maximum atomic E-state index is 3.94. The highest BCUT2D eigenvalue weighted by molar-refractivity contribution is 5.59. The average molecular weight is 326 g/mol. The molecule has 0 radical (unpaired) electrons. The van der Waals surface area contributed by atoms with E-state index < -0.39 is 0 Å². The monoisotopic (exact) mass is 326 g/mol. The molecule has 0 aromatic heterocycles. The minimum atomic E-state index is 0.301. The molecule has 0 spiro atoms. The highest BCUT2D eigenvalue weighted by Crippen LogP contribution is 2.48. The normalized spacial score (nSPS) is 27.2. The van der Waals surface area contributed by atoms with Crippen molar-refractivity contribution in [2.24, 2.45) is 0 Å². The quantitative estimate of drug-likeness (QED) is 0.689. The van der Waals surface area contributed by atoms with E-state index >= 15 is 0 Å². The number of benzene rings is 3. The molecular weight excluding hydrogens is 304 g/mol. The second kappa shape index (κ2) is 6.05. The van der Waals surface area contributed by atoms with Crippen molar-refractivity contribution in [1.82, 2.24) is 5.32 Å². The summed E-state index contributed by atoms with van der Waals surface area (Å²) in [5.41, 5.74) is 5.48. The zero-order valence-electron chi connectivity index (χ0n) is 14.1. The van der Waals surface area contributed by atoms with Crippen molar-refractivity contribution in [3.05, 3.63) is 102 Å². The first-order valence-electron chi connectivity index (χ1n) is 9.11. The van der Waals surface area contributed by atoms with Gasteiger partial charge in [-0.25, -0.2) is 0 Å². The molecule has 4 atom stereocenters. The van der Waals surface area contributed by atoms with Gasteiger partial charge in [-0.15, -0.1) is 0 Å². The molecule has 2 heteroatoms. The van der Waals surface area contributed by atoms with Crippen LogP contribution >= 0.6 is 0 Å². The fourth-order valence-electron chi connectivity index (χ4n) is 4.54. The Labute approximate surface area is 148 Å². The molecule has 0 saturated carbocycles. The number of para-hydroxylation sites is 1. The summed E-state index contributed by atoms with van der Waals surface area (Å²) >= 11 is 0.